The Hall–Kier alpha value is -1.08. The Labute approximate surface area is 127 Å². The highest BCUT2D eigenvalue weighted by molar-refractivity contribution is 7.99. The lowest BCUT2D eigenvalue weighted by Crippen LogP contribution is -2.35. The molecule has 1 aromatic heterocycles. The first-order valence-electron chi connectivity index (χ1n) is 7.47. The second-order valence-electron chi connectivity index (χ2n) is 5.40. The Morgan fingerprint density at radius 3 is 2.95 bits per heavy atom. The van der Waals surface area contributed by atoms with Crippen LogP contribution < -0.4 is 0 Å². The lowest BCUT2D eigenvalue weighted by Gasteiger charge is -2.22. The van der Waals surface area contributed by atoms with E-state index in [4.69, 9.17) is 14.0 Å². The number of thioether (sulfide) groups is 1. The molecule has 1 saturated heterocycles. The molecule has 7 heteroatoms. The van der Waals surface area contributed by atoms with Gasteiger partial charge in [0, 0.05) is 11.5 Å². The van der Waals surface area contributed by atoms with Gasteiger partial charge < -0.3 is 14.0 Å². The van der Waals surface area contributed by atoms with Gasteiger partial charge in [-0.05, 0) is 19.8 Å². The van der Waals surface area contributed by atoms with Crippen LogP contribution in [0.2, 0.25) is 0 Å². The standard InChI is InChI=1S/C14H20N2O4S/c1-2-18-13(17)14(5-3-4-6-14)12-15-11(16-20-12)10-9-21-8-7-19-10/h10H,2-9H2,1H3. The van der Waals surface area contributed by atoms with Crippen LogP contribution in [0.25, 0.3) is 0 Å². The van der Waals surface area contributed by atoms with Crippen LogP contribution in [-0.4, -0.2) is 40.8 Å². The number of hydrogen-bond donors (Lipinski definition) is 0. The lowest BCUT2D eigenvalue weighted by molar-refractivity contribution is -0.151. The van der Waals surface area contributed by atoms with Crippen LogP contribution in [0.5, 0.6) is 0 Å². The minimum absolute atomic E-state index is 0.137. The van der Waals surface area contributed by atoms with E-state index in [2.05, 4.69) is 10.1 Å². The van der Waals surface area contributed by atoms with Gasteiger partial charge in [-0.3, -0.25) is 4.79 Å². The van der Waals surface area contributed by atoms with Gasteiger partial charge in [0.15, 0.2) is 0 Å². The number of ether oxygens (including phenoxy) is 2. The number of aromatic nitrogens is 2. The summed E-state index contributed by atoms with van der Waals surface area (Å²) >= 11 is 1.81. The highest BCUT2D eigenvalue weighted by Crippen LogP contribution is 2.42. The fourth-order valence-corrected chi connectivity index (χ4v) is 3.79. The molecule has 1 unspecified atom stereocenters. The SMILES string of the molecule is CCOC(=O)C1(c2nc(C3CSCCO3)no2)CCCC1. The third kappa shape index (κ3) is 2.81. The van der Waals surface area contributed by atoms with Gasteiger partial charge in [0.1, 0.15) is 11.5 Å². The second-order valence-corrected chi connectivity index (χ2v) is 6.55. The first-order valence-corrected chi connectivity index (χ1v) is 8.62. The predicted octanol–water partition coefficient (Wildman–Crippen LogP) is 2.25. The fourth-order valence-electron chi connectivity index (χ4n) is 2.95. The average molecular weight is 312 g/mol. The summed E-state index contributed by atoms with van der Waals surface area (Å²) in [7, 11) is 0. The molecule has 3 rings (SSSR count). The molecule has 1 atom stereocenters. The van der Waals surface area contributed by atoms with E-state index < -0.39 is 5.41 Å². The quantitative estimate of drug-likeness (QED) is 0.789. The van der Waals surface area contributed by atoms with Crippen molar-refractivity contribution in [3.8, 4) is 0 Å². The van der Waals surface area contributed by atoms with Gasteiger partial charge in [0.25, 0.3) is 0 Å². The van der Waals surface area contributed by atoms with Gasteiger partial charge in [0.05, 0.1) is 13.2 Å². The molecule has 0 aromatic carbocycles. The number of carbonyl (C=O) groups is 1. The summed E-state index contributed by atoms with van der Waals surface area (Å²) in [6.45, 7) is 2.87. The van der Waals surface area contributed by atoms with Crippen molar-refractivity contribution in [2.75, 3.05) is 24.7 Å². The molecule has 2 heterocycles. The van der Waals surface area contributed by atoms with Crippen molar-refractivity contribution in [1.29, 1.82) is 0 Å². The van der Waals surface area contributed by atoms with Crippen LogP contribution in [0.1, 0.15) is 50.4 Å². The largest absolute Gasteiger partial charge is 0.465 e. The maximum absolute atomic E-state index is 12.4. The van der Waals surface area contributed by atoms with E-state index in [9.17, 15) is 4.79 Å². The van der Waals surface area contributed by atoms with Crippen molar-refractivity contribution in [3.63, 3.8) is 0 Å². The van der Waals surface area contributed by atoms with Crippen LogP contribution in [-0.2, 0) is 19.7 Å². The van der Waals surface area contributed by atoms with Gasteiger partial charge in [-0.25, -0.2) is 0 Å². The Kier molecular flexibility index (Phi) is 4.49. The third-order valence-corrected chi connectivity index (χ3v) is 5.07. The van der Waals surface area contributed by atoms with Gasteiger partial charge >= 0.3 is 5.97 Å². The average Bonchev–Trinajstić information content (AvgIpc) is 3.18. The molecule has 1 aliphatic carbocycles. The number of carbonyl (C=O) groups excluding carboxylic acids is 1. The van der Waals surface area contributed by atoms with Crippen LogP contribution >= 0.6 is 11.8 Å². The molecule has 0 amide bonds. The van der Waals surface area contributed by atoms with Crippen molar-refractivity contribution in [2.24, 2.45) is 0 Å². The Balaban J connectivity index is 1.83. The molecule has 1 aromatic rings. The van der Waals surface area contributed by atoms with E-state index in [1.807, 2.05) is 18.7 Å². The maximum Gasteiger partial charge on any atom is 0.321 e. The van der Waals surface area contributed by atoms with Gasteiger partial charge in [-0.15, -0.1) is 0 Å². The lowest BCUT2D eigenvalue weighted by atomic mass is 9.86. The zero-order valence-corrected chi connectivity index (χ0v) is 13.0. The maximum atomic E-state index is 12.4. The molecule has 0 radical (unpaired) electrons. The van der Waals surface area contributed by atoms with Gasteiger partial charge in [-0.1, -0.05) is 18.0 Å². The van der Waals surface area contributed by atoms with E-state index in [0.29, 0.717) is 37.8 Å². The molecule has 6 nitrogen and oxygen atoms in total. The minimum Gasteiger partial charge on any atom is -0.465 e. The normalized spacial score (nSPS) is 24.9. The summed E-state index contributed by atoms with van der Waals surface area (Å²) in [6, 6.07) is 0. The molecule has 1 aliphatic heterocycles. The summed E-state index contributed by atoms with van der Waals surface area (Å²) in [4.78, 5) is 16.8. The molecule has 21 heavy (non-hydrogen) atoms. The van der Waals surface area contributed by atoms with Crippen LogP contribution in [0.15, 0.2) is 4.52 Å². The van der Waals surface area contributed by atoms with Crippen molar-refractivity contribution in [2.45, 2.75) is 44.1 Å². The first-order chi connectivity index (χ1) is 10.3. The molecule has 2 fully saturated rings. The molecule has 1 saturated carbocycles. The number of rotatable bonds is 4. The molecule has 2 aliphatic rings. The first kappa shape index (κ1) is 14.8. The van der Waals surface area contributed by atoms with Gasteiger partial charge in [0.2, 0.25) is 11.7 Å². The van der Waals surface area contributed by atoms with Crippen molar-refractivity contribution in [1.82, 2.24) is 10.1 Å². The minimum atomic E-state index is -0.747. The molecular weight excluding hydrogens is 292 g/mol. The Morgan fingerprint density at radius 2 is 2.29 bits per heavy atom. The molecule has 0 bridgehead atoms. The zero-order valence-electron chi connectivity index (χ0n) is 12.2. The summed E-state index contributed by atoms with van der Waals surface area (Å²) in [5, 5.41) is 4.04. The molecule has 0 N–H and O–H groups in total. The molecule has 0 spiro atoms. The Bertz CT molecular complexity index is 493. The third-order valence-electron chi connectivity index (χ3n) is 4.08. The number of esters is 1. The summed E-state index contributed by atoms with van der Waals surface area (Å²) in [5.41, 5.74) is -0.747. The predicted molar refractivity (Wildman–Crippen MR) is 77.1 cm³/mol. The molecular formula is C14H20N2O4S. The van der Waals surface area contributed by atoms with E-state index in [0.717, 1.165) is 24.3 Å². The van der Waals surface area contributed by atoms with Crippen LogP contribution in [0.4, 0.5) is 0 Å². The van der Waals surface area contributed by atoms with Crippen molar-refractivity contribution in [3.05, 3.63) is 11.7 Å². The molecule has 116 valence electrons. The summed E-state index contributed by atoms with van der Waals surface area (Å²) in [5.74, 6) is 2.52. The Morgan fingerprint density at radius 1 is 1.48 bits per heavy atom. The highest BCUT2D eigenvalue weighted by Gasteiger charge is 2.49. The number of nitrogens with zero attached hydrogens (tertiary/aromatic N) is 2. The number of hydrogen-bond acceptors (Lipinski definition) is 7. The van der Waals surface area contributed by atoms with E-state index in [1.54, 1.807) is 0 Å². The summed E-state index contributed by atoms with van der Waals surface area (Å²) in [6.07, 6.45) is 3.25. The van der Waals surface area contributed by atoms with E-state index >= 15 is 0 Å². The smallest absolute Gasteiger partial charge is 0.321 e. The summed E-state index contributed by atoms with van der Waals surface area (Å²) < 4.78 is 16.3. The van der Waals surface area contributed by atoms with E-state index in [-0.39, 0.29) is 12.1 Å². The van der Waals surface area contributed by atoms with Crippen molar-refractivity contribution >= 4 is 17.7 Å². The monoisotopic (exact) mass is 312 g/mol. The van der Waals surface area contributed by atoms with Crippen LogP contribution in [0, 0.1) is 0 Å². The van der Waals surface area contributed by atoms with Crippen LogP contribution in [0.3, 0.4) is 0 Å². The zero-order chi connectivity index (χ0) is 14.7. The fraction of sp³-hybridized carbons (Fsp3) is 0.786. The second kappa shape index (κ2) is 6.36. The topological polar surface area (TPSA) is 74.5 Å². The van der Waals surface area contributed by atoms with E-state index in [1.165, 1.54) is 0 Å². The van der Waals surface area contributed by atoms with Crippen molar-refractivity contribution < 1.29 is 18.8 Å². The van der Waals surface area contributed by atoms with Gasteiger partial charge in [-0.2, -0.15) is 16.7 Å². The highest BCUT2D eigenvalue weighted by atomic mass is 32.2.